The third kappa shape index (κ3) is 0.981. The lowest BCUT2D eigenvalue weighted by molar-refractivity contribution is 1.06. The van der Waals surface area contributed by atoms with Gasteiger partial charge in [0.2, 0.25) is 0 Å². The van der Waals surface area contributed by atoms with Gasteiger partial charge >= 0.3 is 0 Å². The van der Waals surface area contributed by atoms with E-state index in [9.17, 15) is 0 Å². The fraction of sp³-hybridized carbons (Fsp3) is 0.250. The highest BCUT2D eigenvalue weighted by atomic mass is 15.2. The van der Waals surface area contributed by atoms with Crippen LogP contribution in [0.5, 0.6) is 0 Å². The van der Waals surface area contributed by atoms with E-state index in [0.717, 1.165) is 12.1 Å². The van der Waals surface area contributed by atoms with Crippen molar-refractivity contribution in [2.24, 2.45) is 0 Å². The second-order valence-electron chi connectivity index (χ2n) is 2.49. The first-order chi connectivity index (χ1) is 5.40. The van der Waals surface area contributed by atoms with Gasteiger partial charge in [-0.3, -0.25) is 4.40 Å². The predicted molar refractivity (Wildman–Crippen MR) is 42.4 cm³/mol. The number of aromatic nitrogens is 3. The normalized spacial score (nSPS) is 10.6. The topological polar surface area (TPSA) is 30.2 Å². The van der Waals surface area contributed by atoms with Gasteiger partial charge in [0.25, 0.3) is 0 Å². The molecule has 11 heavy (non-hydrogen) atoms. The molecule has 2 aromatic heterocycles. The molecule has 3 heteroatoms. The molecule has 2 heterocycles. The smallest absolute Gasteiger partial charge is 0.160 e. The van der Waals surface area contributed by atoms with Crippen molar-refractivity contribution < 1.29 is 0 Å². The van der Waals surface area contributed by atoms with Crippen molar-refractivity contribution in [2.75, 3.05) is 0 Å². The predicted octanol–water partition coefficient (Wildman–Crippen LogP) is 1.29. The maximum Gasteiger partial charge on any atom is 0.160 e. The Balaban J connectivity index is 2.67. The van der Waals surface area contributed by atoms with Crippen molar-refractivity contribution >= 4 is 5.65 Å². The van der Waals surface area contributed by atoms with Gasteiger partial charge in [-0.05, 0) is 18.1 Å². The van der Waals surface area contributed by atoms with Gasteiger partial charge in [-0.15, -0.1) is 10.2 Å². The average Bonchev–Trinajstić information content (AvgIpc) is 2.50. The maximum atomic E-state index is 3.91. The summed E-state index contributed by atoms with van der Waals surface area (Å²) in [4.78, 5) is 0. The molecule has 0 fully saturated rings. The van der Waals surface area contributed by atoms with E-state index >= 15 is 0 Å². The van der Waals surface area contributed by atoms with E-state index in [0.29, 0.717) is 0 Å². The van der Waals surface area contributed by atoms with Crippen molar-refractivity contribution in [1.82, 2.24) is 14.6 Å². The zero-order valence-corrected chi connectivity index (χ0v) is 6.36. The Bertz CT molecular complexity index is 364. The standard InChI is InChI=1S/C8H9N3/c1-2-7-3-4-8-10-9-6-11(8)5-7/h3-6H,2H2,1H3. The van der Waals surface area contributed by atoms with Crippen molar-refractivity contribution in [3.63, 3.8) is 0 Å². The molecule has 56 valence electrons. The van der Waals surface area contributed by atoms with Crippen LogP contribution in [0.4, 0.5) is 0 Å². The molecule has 0 unspecified atom stereocenters. The van der Waals surface area contributed by atoms with Crippen LogP contribution in [0.25, 0.3) is 5.65 Å². The molecule has 0 aromatic carbocycles. The zero-order chi connectivity index (χ0) is 7.68. The number of nitrogens with zero attached hydrogens (tertiary/aromatic N) is 3. The number of rotatable bonds is 1. The highest BCUT2D eigenvalue weighted by molar-refractivity contribution is 5.37. The van der Waals surface area contributed by atoms with Gasteiger partial charge in [-0.1, -0.05) is 13.0 Å². The summed E-state index contributed by atoms with van der Waals surface area (Å²) in [6.45, 7) is 2.13. The molecule has 0 saturated carbocycles. The Kier molecular flexibility index (Phi) is 1.35. The molecular formula is C8H9N3. The molecule has 2 rings (SSSR count). The Hall–Kier alpha value is -1.38. The minimum Gasteiger partial charge on any atom is -0.289 e. The van der Waals surface area contributed by atoms with Crippen LogP contribution >= 0.6 is 0 Å². The van der Waals surface area contributed by atoms with Crippen LogP contribution in [-0.4, -0.2) is 14.6 Å². The third-order valence-electron chi connectivity index (χ3n) is 1.76. The van der Waals surface area contributed by atoms with Crippen LogP contribution < -0.4 is 0 Å². The lowest BCUT2D eigenvalue weighted by atomic mass is 10.2. The van der Waals surface area contributed by atoms with Gasteiger partial charge in [0.15, 0.2) is 5.65 Å². The monoisotopic (exact) mass is 147 g/mol. The number of pyridine rings is 1. The molecule has 0 aliphatic carbocycles. The Morgan fingerprint density at radius 3 is 3.18 bits per heavy atom. The molecule has 3 nitrogen and oxygen atoms in total. The van der Waals surface area contributed by atoms with E-state index in [-0.39, 0.29) is 0 Å². The van der Waals surface area contributed by atoms with Crippen molar-refractivity contribution in [3.05, 3.63) is 30.2 Å². The summed E-state index contributed by atoms with van der Waals surface area (Å²) in [7, 11) is 0. The van der Waals surface area contributed by atoms with E-state index in [1.165, 1.54) is 5.56 Å². The summed E-state index contributed by atoms with van der Waals surface area (Å²) >= 11 is 0. The fourth-order valence-electron chi connectivity index (χ4n) is 1.08. The van der Waals surface area contributed by atoms with Crippen molar-refractivity contribution in [3.8, 4) is 0 Å². The molecule has 0 aliphatic heterocycles. The average molecular weight is 147 g/mol. The lowest BCUT2D eigenvalue weighted by Gasteiger charge is -1.95. The minimum absolute atomic E-state index is 0.905. The number of aryl methyl sites for hydroxylation is 1. The van der Waals surface area contributed by atoms with E-state index in [2.05, 4.69) is 29.4 Å². The molecule has 2 aromatic rings. The van der Waals surface area contributed by atoms with Gasteiger partial charge in [0.05, 0.1) is 0 Å². The molecule has 0 aliphatic rings. The Morgan fingerprint density at radius 2 is 2.36 bits per heavy atom. The van der Waals surface area contributed by atoms with E-state index in [1.807, 2.05) is 10.5 Å². The second-order valence-corrected chi connectivity index (χ2v) is 2.49. The van der Waals surface area contributed by atoms with Crippen LogP contribution in [-0.2, 0) is 6.42 Å². The van der Waals surface area contributed by atoms with Gasteiger partial charge in [-0.25, -0.2) is 0 Å². The van der Waals surface area contributed by atoms with Gasteiger partial charge in [0.1, 0.15) is 6.33 Å². The Labute approximate surface area is 64.7 Å². The maximum absolute atomic E-state index is 3.91. The summed E-state index contributed by atoms with van der Waals surface area (Å²) in [5.41, 5.74) is 2.21. The molecular weight excluding hydrogens is 138 g/mol. The number of hydrogen-bond donors (Lipinski definition) is 0. The summed E-state index contributed by atoms with van der Waals surface area (Å²) in [5.74, 6) is 0. The number of hydrogen-bond acceptors (Lipinski definition) is 2. The van der Waals surface area contributed by atoms with Crippen LogP contribution in [0.1, 0.15) is 12.5 Å². The van der Waals surface area contributed by atoms with Crippen LogP contribution in [0.3, 0.4) is 0 Å². The van der Waals surface area contributed by atoms with Crippen molar-refractivity contribution in [1.29, 1.82) is 0 Å². The van der Waals surface area contributed by atoms with Crippen molar-refractivity contribution in [2.45, 2.75) is 13.3 Å². The highest BCUT2D eigenvalue weighted by Gasteiger charge is 1.93. The van der Waals surface area contributed by atoms with E-state index in [4.69, 9.17) is 0 Å². The molecule has 0 N–H and O–H groups in total. The largest absolute Gasteiger partial charge is 0.289 e. The lowest BCUT2D eigenvalue weighted by Crippen LogP contribution is -1.86. The quantitative estimate of drug-likeness (QED) is 0.608. The van der Waals surface area contributed by atoms with Gasteiger partial charge in [-0.2, -0.15) is 0 Å². The first kappa shape index (κ1) is 6.34. The summed E-state index contributed by atoms with van der Waals surface area (Å²) in [6.07, 6.45) is 4.82. The van der Waals surface area contributed by atoms with E-state index in [1.54, 1.807) is 6.33 Å². The van der Waals surface area contributed by atoms with Crippen LogP contribution in [0, 0.1) is 0 Å². The number of fused-ring (bicyclic) bond motifs is 1. The molecule has 0 bridgehead atoms. The summed E-state index contributed by atoms with van der Waals surface area (Å²) in [6, 6.07) is 4.05. The fourth-order valence-corrected chi connectivity index (χ4v) is 1.08. The molecule has 0 saturated heterocycles. The summed E-state index contributed by atoms with van der Waals surface area (Å²) < 4.78 is 1.93. The summed E-state index contributed by atoms with van der Waals surface area (Å²) in [5, 5.41) is 7.70. The van der Waals surface area contributed by atoms with Crippen LogP contribution in [0.2, 0.25) is 0 Å². The van der Waals surface area contributed by atoms with Gasteiger partial charge in [0, 0.05) is 6.20 Å². The highest BCUT2D eigenvalue weighted by Crippen LogP contribution is 2.03. The zero-order valence-electron chi connectivity index (χ0n) is 6.36. The van der Waals surface area contributed by atoms with E-state index < -0.39 is 0 Å². The first-order valence-electron chi connectivity index (χ1n) is 3.68. The molecule has 0 amide bonds. The van der Waals surface area contributed by atoms with Crippen LogP contribution in [0.15, 0.2) is 24.7 Å². The molecule has 0 atom stereocenters. The van der Waals surface area contributed by atoms with Gasteiger partial charge < -0.3 is 0 Å². The Morgan fingerprint density at radius 1 is 1.45 bits per heavy atom. The molecule has 0 radical (unpaired) electrons. The first-order valence-corrected chi connectivity index (χ1v) is 3.68. The second kappa shape index (κ2) is 2.34. The SMILES string of the molecule is CCc1ccc2nncn2c1. The molecule has 0 spiro atoms. The minimum atomic E-state index is 0.905. The third-order valence-corrected chi connectivity index (χ3v) is 1.76.